The number of primary amides is 1. The fourth-order valence-electron chi connectivity index (χ4n) is 1.32. The molecule has 1 aromatic rings. The first-order valence-electron chi connectivity index (χ1n) is 5.03. The molecule has 0 aliphatic carbocycles. The highest BCUT2D eigenvalue weighted by Crippen LogP contribution is 1.95. The van der Waals surface area contributed by atoms with E-state index >= 15 is 0 Å². The summed E-state index contributed by atoms with van der Waals surface area (Å²) in [6.07, 6.45) is 7.44. The van der Waals surface area contributed by atoms with E-state index in [1.54, 1.807) is 12.1 Å². The lowest BCUT2D eigenvalue weighted by molar-refractivity contribution is -0.697. The second-order valence-electron chi connectivity index (χ2n) is 3.40. The van der Waals surface area contributed by atoms with Gasteiger partial charge < -0.3 is 5.73 Å². The van der Waals surface area contributed by atoms with Crippen molar-refractivity contribution in [3.8, 4) is 0 Å². The first-order chi connectivity index (χ1) is 6.74. The Labute approximate surface area is 84.6 Å². The minimum atomic E-state index is -0.370. The van der Waals surface area contributed by atoms with Gasteiger partial charge in [0.05, 0.1) is 5.56 Å². The van der Waals surface area contributed by atoms with Crippen molar-refractivity contribution in [2.75, 3.05) is 0 Å². The number of pyridine rings is 1. The zero-order valence-corrected chi connectivity index (χ0v) is 8.57. The van der Waals surface area contributed by atoms with Crippen LogP contribution in [0.3, 0.4) is 0 Å². The van der Waals surface area contributed by atoms with Crippen LogP contribution in [0.1, 0.15) is 36.5 Å². The summed E-state index contributed by atoms with van der Waals surface area (Å²) in [5.74, 6) is -0.370. The average Bonchev–Trinajstić information content (AvgIpc) is 2.19. The van der Waals surface area contributed by atoms with Gasteiger partial charge in [0.25, 0.3) is 0 Å². The van der Waals surface area contributed by atoms with Gasteiger partial charge >= 0.3 is 0 Å². The lowest BCUT2D eigenvalue weighted by Gasteiger charge is -1.96. The number of carbonyl (C=O) groups is 1. The van der Waals surface area contributed by atoms with Crippen molar-refractivity contribution in [1.29, 1.82) is 0 Å². The molecule has 1 aromatic heterocycles. The van der Waals surface area contributed by atoms with Gasteiger partial charge in [0.2, 0.25) is 5.91 Å². The highest BCUT2D eigenvalue weighted by molar-refractivity contribution is 5.92. The Balaban J connectivity index is 2.51. The molecule has 0 aromatic carbocycles. The van der Waals surface area contributed by atoms with Gasteiger partial charge in [-0.05, 0) is 6.42 Å². The monoisotopic (exact) mass is 193 g/mol. The van der Waals surface area contributed by atoms with Crippen molar-refractivity contribution >= 4 is 5.91 Å². The maximum atomic E-state index is 10.8. The van der Waals surface area contributed by atoms with Crippen LogP contribution >= 0.6 is 0 Å². The van der Waals surface area contributed by atoms with E-state index in [1.807, 2.05) is 12.4 Å². The average molecular weight is 193 g/mol. The molecule has 1 rings (SSSR count). The van der Waals surface area contributed by atoms with Gasteiger partial charge in [-0.1, -0.05) is 13.3 Å². The number of aromatic nitrogens is 1. The van der Waals surface area contributed by atoms with Gasteiger partial charge in [-0.2, -0.15) is 0 Å². The lowest BCUT2D eigenvalue weighted by atomic mass is 10.2. The molecule has 1 heterocycles. The van der Waals surface area contributed by atoms with Crippen molar-refractivity contribution in [3.63, 3.8) is 0 Å². The third kappa shape index (κ3) is 3.17. The maximum Gasteiger partial charge on any atom is 0.249 e. The molecule has 2 N–H and O–H groups in total. The number of nitrogens with two attached hydrogens (primary N) is 1. The molecule has 0 fully saturated rings. The van der Waals surface area contributed by atoms with Crippen LogP contribution in [-0.2, 0) is 6.54 Å². The van der Waals surface area contributed by atoms with E-state index in [-0.39, 0.29) is 5.91 Å². The van der Waals surface area contributed by atoms with Crippen molar-refractivity contribution < 1.29 is 9.36 Å². The van der Waals surface area contributed by atoms with Crippen LogP contribution in [0.15, 0.2) is 24.5 Å². The fraction of sp³-hybridized carbons (Fsp3) is 0.455. The number of amides is 1. The van der Waals surface area contributed by atoms with Crippen LogP contribution in [-0.4, -0.2) is 5.91 Å². The van der Waals surface area contributed by atoms with Gasteiger partial charge in [-0.15, -0.1) is 0 Å². The molecule has 0 saturated heterocycles. The highest BCUT2D eigenvalue weighted by Gasteiger charge is 2.03. The Morgan fingerprint density at radius 2 is 2.00 bits per heavy atom. The molecule has 0 radical (unpaired) electrons. The molecule has 14 heavy (non-hydrogen) atoms. The first kappa shape index (κ1) is 10.7. The van der Waals surface area contributed by atoms with Crippen LogP contribution < -0.4 is 10.3 Å². The highest BCUT2D eigenvalue weighted by atomic mass is 16.1. The van der Waals surface area contributed by atoms with E-state index in [9.17, 15) is 4.79 Å². The van der Waals surface area contributed by atoms with Crippen molar-refractivity contribution in [2.24, 2.45) is 5.73 Å². The Bertz CT molecular complexity index is 293. The van der Waals surface area contributed by atoms with E-state index in [1.165, 1.54) is 19.3 Å². The summed E-state index contributed by atoms with van der Waals surface area (Å²) in [4.78, 5) is 10.8. The van der Waals surface area contributed by atoms with Crippen LogP contribution in [0.5, 0.6) is 0 Å². The summed E-state index contributed by atoms with van der Waals surface area (Å²) >= 11 is 0. The second kappa shape index (κ2) is 5.37. The van der Waals surface area contributed by atoms with Gasteiger partial charge in [0, 0.05) is 18.6 Å². The predicted molar refractivity (Wildman–Crippen MR) is 54.7 cm³/mol. The number of rotatable bonds is 5. The molecular formula is C11H17N2O+. The largest absolute Gasteiger partial charge is 0.366 e. The number of nitrogens with zero attached hydrogens (tertiary/aromatic N) is 1. The van der Waals surface area contributed by atoms with Crippen molar-refractivity contribution in [2.45, 2.75) is 32.7 Å². The summed E-state index contributed by atoms with van der Waals surface area (Å²) in [6.45, 7) is 3.19. The van der Waals surface area contributed by atoms with E-state index in [2.05, 4.69) is 11.5 Å². The summed E-state index contributed by atoms with van der Waals surface area (Å²) < 4.78 is 2.07. The molecule has 0 atom stereocenters. The number of unbranched alkanes of at least 4 members (excludes halogenated alkanes) is 2. The number of hydrogen-bond acceptors (Lipinski definition) is 1. The minimum absolute atomic E-state index is 0.370. The normalized spacial score (nSPS) is 10.1. The van der Waals surface area contributed by atoms with Crippen LogP contribution in [0, 0.1) is 0 Å². The molecule has 0 aliphatic rings. The van der Waals surface area contributed by atoms with Crippen LogP contribution in [0.2, 0.25) is 0 Å². The van der Waals surface area contributed by atoms with Crippen molar-refractivity contribution in [1.82, 2.24) is 0 Å². The van der Waals surface area contributed by atoms with E-state index in [0.717, 1.165) is 6.54 Å². The molecular weight excluding hydrogens is 176 g/mol. The zero-order valence-electron chi connectivity index (χ0n) is 8.57. The van der Waals surface area contributed by atoms with E-state index in [0.29, 0.717) is 5.56 Å². The topological polar surface area (TPSA) is 47.0 Å². The van der Waals surface area contributed by atoms with E-state index < -0.39 is 0 Å². The Morgan fingerprint density at radius 1 is 1.36 bits per heavy atom. The molecule has 0 aliphatic heterocycles. The van der Waals surface area contributed by atoms with Crippen molar-refractivity contribution in [3.05, 3.63) is 30.1 Å². The minimum Gasteiger partial charge on any atom is -0.366 e. The Kier molecular flexibility index (Phi) is 4.11. The predicted octanol–water partition coefficient (Wildman–Crippen LogP) is 1.26. The van der Waals surface area contributed by atoms with Crippen LogP contribution in [0.4, 0.5) is 0 Å². The number of carbonyl (C=O) groups excluding carboxylic acids is 1. The molecule has 0 unspecified atom stereocenters. The Hall–Kier alpha value is -1.38. The molecule has 76 valence electrons. The van der Waals surface area contributed by atoms with Gasteiger partial charge in [0.15, 0.2) is 12.4 Å². The standard InChI is InChI=1S/C11H16N2O/c1-2-3-4-7-13-8-5-10(6-9-13)11(12)14/h5-6,8-9H,2-4,7H2,1H3,(H-,12,14)/p+1. The number of aryl methyl sites for hydroxylation is 1. The zero-order chi connectivity index (χ0) is 10.4. The quantitative estimate of drug-likeness (QED) is 0.555. The number of hydrogen-bond donors (Lipinski definition) is 1. The SMILES string of the molecule is CCCCC[n+]1ccc(C(N)=O)cc1. The third-order valence-corrected chi connectivity index (χ3v) is 2.20. The molecule has 0 saturated carbocycles. The molecule has 3 heteroatoms. The molecule has 1 amide bonds. The Morgan fingerprint density at radius 3 is 2.50 bits per heavy atom. The summed E-state index contributed by atoms with van der Waals surface area (Å²) in [5, 5.41) is 0. The van der Waals surface area contributed by atoms with E-state index in [4.69, 9.17) is 5.73 Å². The maximum absolute atomic E-state index is 10.8. The molecule has 0 spiro atoms. The summed E-state index contributed by atoms with van der Waals surface area (Å²) in [5.41, 5.74) is 5.70. The summed E-state index contributed by atoms with van der Waals surface area (Å²) in [7, 11) is 0. The van der Waals surface area contributed by atoms with Crippen LogP contribution in [0.25, 0.3) is 0 Å². The second-order valence-corrected chi connectivity index (χ2v) is 3.40. The smallest absolute Gasteiger partial charge is 0.249 e. The lowest BCUT2D eigenvalue weighted by Crippen LogP contribution is -2.33. The first-order valence-corrected chi connectivity index (χ1v) is 5.03. The van der Waals surface area contributed by atoms with Gasteiger partial charge in [-0.3, -0.25) is 4.79 Å². The fourth-order valence-corrected chi connectivity index (χ4v) is 1.32. The molecule has 0 bridgehead atoms. The molecule has 3 nitrogen and oxygen atoms in total. The third-order valence-electron chi connectivity index (χ3n) is 2.20. The summed E-state index contributed by atoms with van der Waals surface area (Å²) in [6, 6.07) is 3.52. The van der Waals surface area contributed by atoms with Gasteiger partial charge in [-0.25, -0.2) is 4.57 Å². The van der Waals surface area contributed by atoms with Gasteiger partial charge in [0.1, 0.15) is 6.54 Å².